The van der Waals surface area contributed by atoms with E-state index in [-0.39, 0.29) is 11.3 Å². The lowest BCUT2D eigenvalue weighted by molar-refractivity contribution is -0.134. The molecule has 1 amide bonds. The van der Waals surface area contributed by atoms with Crippen molar-refractivity contribution in [2.75, 3.05) is 7.05 Å². The van der Waals surface area contributed by atoms with Gasteiger partial charge in [0.25, 0.3) is 0 Å². The molecule has 0 saturated carbocycles. The van der Waals surface area contributed by atoms with Crippen LogP contribution in [0.4, 0.5) is 0 Å². The summed E-state index contributed by atoms with van der Waals surface area (Å²) in [6.07, 6.45) is 0. The minimum absolute atomic E-state index is 0.146. The Morgan fingerprint density at radius 2 is 1.50 bits per heavy atom. The van der Waals surface area contributed by atoms with Gasteiger partial charge in [-0.2, -0.15) is 0 Å². The van der Waals surface area contributed by atoms with Gasteiger partial charge in [-0.15, -0.1) is 0 Å². The van der Waals surface area contributed by atoms with Gasteiger partial charge < -0.3 is 5.32 Å². The second-order valence-electron chi connectivity index (χ2n) is 4.17. The van der Waals surface area contributed by atoms with Crippen LogP contribution >= 0.6 is 0 Å². The van der Waals surface area contributed by atoms with Crippen LogP contribution in [0.2, 0.25) is 0 Å². The molecular weight excluding hydrogens is 150 g/mol. The highest BCUT2D eigenvalue weighted by molar-refractivity contribution is 5.82. The van der Waals surface area contributed by atoms with E-state index in [0.717, 1.165) is 0 Å². The van der Waals surface area contributed by atoms with Crippen LogP contribution in [0.1, 0.15) is 34.6 Å². The summed E-state index contributed by atoms with van der Waals surface area (Å²) in [5.74, 6) is 0.891. The Kier molecular flexibility index (Phi) is 3.75. The van der Waals surface area contributed by atoms with Gasteiger partial charge in [0.05, 0.1) is 5.41 Å². The van der Waals surface area contributed by atoms with Gasteiger partial charge >= 0.3 is 0 Å². The predicted octanol–water partition coefficient (Wildman–Crippen LogP) is 2.05. The zero-order valence-corrected chi connectivity index (χ0v) is 9.06. The Balaban J connectivity index is 4.74. The molecule has 2 nitrogen and oxygen atoms in total. The Morgan fingerprint density at radius 1 is 1.17 bits per heavy atom. The van der Waals surface area contributed by atoms with Crippen molar-refractivity contribution in [3.63, 3.8) is 0 Å². The van der Waals surface area contributed by atoms with Crippen LogP contribution in [0.5, 0.6) is 0 Å². The maximum absolute atomic E-state index is 11.6. The van der Waals surface area contributed by atoms with Crippen molar-refractivity contribution in [3.05, 3.63) is 0 Å². The summed E-state index contributed by atoms with van der Waals surface area (Å²) in [5.41, 5.74) is -0.241. The molecular formula is C10H21NO. The molecule has 72 valence electrons. The number of hydrogen-bond donors (Lipinski definition) is 1. The van der Waals surface area contributed by atoms with Crippen LogP contribution in [-0.4, -0.2) is 13.0 Å². The highest BCUT2D eigenvalue weighted by Crippen LogP contribution is 2.35. The fraction of sp³-hybridized carbons (Fsp3) is 0.900. The van der Waals surface area contributed by atoms with E-state index in [4.69, 9.17) is 0 Å². The average molecular weight is 171 g/mol. The molecule has 2 heteroatoms. The average Bonchev–Trinajstić information content (AvgIpc) is 2.00. The van der Waals surface area contributed by atoms with Crippen LogP contribution in [0.25, 0.3) is 0 Å². The van der Waals surface area contributed by atoms with Gasteiger partial charge in [-0.1, -0.05) is 34.6 Å². The van der Waals surface area contributed by atoms with Gasteiger partial charge in [0.1, 0.15) is 0 Å². The molecule has 0 radical (unpaired) electrons. The molecule has 0 saturated heterocycles. The molecule has 1 N–H and O–H groups in total. The molecule has 0 heterocycles. The lowest BCUT2D eigenvalue weighted by atomic mass is 9.70. The molecule has 0 fully saturated rings. The van der Waals surface area contributed by atoms with Gasteiger partial charge in [-0.05, 0) is 11.8 Å². The summed E-state index contributed by atoms with van der Waals surface area (Å²) in [7, 11) is 1.70. The minimum atomic E-state index is -0.241. The summed E-state index contributed by atoms with van der Waals surface area (Å²) in [5, 5.41) is 2.73. The first-order valence-electron chi connectivity index (χ1n) is 4.59. The summed E-state index contributed by atoms with van der Waals surface area (Å²) in [4.78, 5) is 11.6. The summed E-state index contributed by atoms with van der Waals surface area (Å²) in [6, 6.07) is 0. The molecule has 0 aliphatic carbocycles. The van der Waals surface area contributed by atoms with Gasteiger partial charge in [0.2, 0.25) is 5.91 Å². The zero-order chi connectivity index (χ0) is 9.94. The second kappa shape index (κ2) is 3.92. The van der Waals surface area contributed by atoms with Crippen molar-refractivity contribution < 1.29 is 4.79 Å². The van der Waals surface area contributed by atoms with Gasteiger partial charge in [-0.3, -0.25) is 4.79 Å². The third-order valence-corrected chi connectivity index (χ3v) is 3.12. The van der Waals surface area contributed by atoms with E-state index in [1.807, 2.05) is 6.92 Å². The largest absolute Gasteiger partial charge is 0.359 e. The summed E-state index contributed by atoms with van der Waals surface area (Å²) >= 11 is 0. The normalized spacial score (nSPS) is 12.3. The maximum Gasteiger partial charge on any atom is 0.226 e. The fourth-order valence-electron chi connectivity index (χ4n) is 1.46. The quantitative estimate of drug-likeness (QED) is 0.692. The van der Waals surface area contributed by atoms with E-state index in [1.54, 1.807) is 7.05 Å². The zero-order valence-electron chi connectivity index (χ0n) is 9.06. The molecule has 0 aromatic rings. The van der Waals surface area contributed by atoms with Crippen molar-refractivity contribution in [2.24, 2.45) is 17.3 Å². The molecule has 0 atom stereocenters. The van der Waals surface area contributed by atoms with Gasteiger partial charge in [0.15, 0.2) is 0 Å². The molecule has 0 aromatic heterocycles. The molecule has 12 heavy (non-hydrogen) atoms. The Labute approximate surface area is 75.7 Å². The molecule has 0 aliphatic heterocycles. The van der Waals surface area contributed by atoms with E-state index in [0.29, 0.717) is 11.8 Å². The number of hydrogen-bond acceptors (Lipinski definition) is 1. The van der Waals surface area contributed by atoms with Crippen LogP contribution in [0.15, 0.2) is 0 Å². The van der Waals surface area contributed by atoms with Crippen LogP contribution in [-0.2, 0) is 4.79 Å². The lowest BCUT2D eigenvalue weighted by Gasteiger charge is -2.35. The van der Waals surface area contributed by atoms with Crippen LogP contribution in [0.3, 0.4) is 0 Å². The summed E-state index contributed by atoms with van der Waals surface area (Å²) in [6.45, 7) is 10.4. The number of carbonyl (C=O) groups excluding carboxylic acids is 1. The van der Waals surface area contributed by atoms with Crippen LogP contribution in [0, 0.1) is 17.3 Å². The highest BCUT2D eigenvalue weighted by Gasteiger charge is 2.38. The Hall–Kier alpha value is -0.530. The Bertz CT molecular complexity index is 153. The fourth-order valence-corrected chi connectivity index (χ4v) is 1.46. The van der Waals surface area contributed by atoms with Crippen molar-refractivity contribution in [2.45, 2.75) is 34.6 Å². The van der Waals surface area contributed by atoms with E-state index >= 15 is 0 Å². The molecule has 0 rings (SSSR count). The topological polar surface area (TPSA) is 29.1 Å². The third kappa shape index (κ3) is 1.79. The maximum atomic E-state index is 11.6. The van der Waals surface area contributed by atoms with Gasteiger partial charge in [-0.25, -0.2) is 0 Å². The molecule has 0 bridgehead atoms. The SMILES string of the molecule is CNC(=O)C(C)(C(C)C)C(C)C. The molecule has 0 spiro atoms. The standard InChI is InChI=1S/C10H21NO/c1-7(2)10(5,8(3)4)9(12)11-6/h7-8H,1-6H3,(H,11,12). The smallest absolute Gasteiger partial charge is 0.226 e. The van der Waals surface area contributed by atoms with E-state index in [2.05, 4.69) is 33.0 Å². The second-order valence-corrected chi connectivity index (χ2v) is 4.17. The molecule has 0 unspecified atom stereocenters. The van der Waals surface area contributed by atoms with E-state index in [9.17, 15) is 4.79 Å². The number of amides is 1. The Morgan fingerprint density at radius 3 is 1.58 bits per heavy atom. The molecule has 0 aromatic carbocycles. The number of rotatable bonds is 3. The first-order valence-corrected chi connectivity index (χ1v) is 4.59. The van der Waals surface area contributed by atoms with Crippen molar-refractivity contribution >= 4 is 5.91 Å². The van der Waals surface area contributed by atoms with E-state index in [1.165, 1.54) is 0 Å². The van der Waals surface area contributed by atoms with Gasteiger partial charge in [0, 0.05) is 7.05 Å². The number of nitrogens with one attached hydrogen (secondary N) is 1. The molecule has 0 aliphatic rings. The first kappa shape index (κ1) is 11.5. The first-order chi connectivity index (χ1) is 5.37. The van der Waals surface area contributed by atoms with E-state index < -0.39 is 0 Å². The predicted molar refractivity (Wildman–Crippen MR) is 51.8 cm³/mol. The van der Waals surface area contributed by atoms with Crippen molar-refractivity contribution in [1.82, 2.24) is 5.32 Å². The number of carbonyl (C=O) groups is 1. The monoisotopic (exact) mass is 171 g/mol. The summed E-state index contributed by atoms with van der Waals surface area (Å²) < 4.78 is 0. The van der Waals surface area contributed by atoms with Crippen molar-refractivity contribution in [3.8, 4) is 0 Å². The van der Waals surface area contributed by atoms with Crippen molar-refractivity contribution in [1.29, 1.82) is 0 Å². The van der Waals surface area contributed by atoms with Crippen LogP contribution < -0.4 is 5.32 Å². The third-order valence-electron chi connectivity index (χ3n) is 3.12. The minimum Gasteiger partial charge on any atom is -0.359 e. The highest BCUT2D eigenvalue weighted by atomic mass is 16.2. The lowest BCUT2D eigenvalue weighted by Crippen LogP contribution is -2.44.